The van der Waals surface area contributed by atoms with Crippen LogP contribution in [-0.2, 0) is 14.8 Å². The van der Waals surface area contributed by atoms with Crippen LogP contribution in [0.1, 0.15) is 44.0 Å². The molecule has 1 fully saturated rings. The first-order valence-electron chi connectivity index (χ1n) is 13.5. The van der Waals surface area contributed by atoms with Crippen molar-refractivity contribution in [1.82, 2.24) is 20.0 Å². The number of aliphatic carboxylic acids is 1. The van der Waals surface area contributed by atoms with Crippen LogP contribution < -0.4 is 20.3 Å². The molecule has 1 atom stereocenters. The molecule has 1 saturated heterocycles. The lowest BCUT2D eigenvalue weighted by Crippen LogP contribution is -2.67. The zero-order valence-electron chi connectivity index (χ0n) is 23.7. The molecule has 0 aliphatic carbocycles. The largest absolute Gasteiger partial charge is 0.480 e. The van der Waals surface area contributed by atoms with E-state index in [9.17, 15) is 27.5 Å². The Balaban J connectivity index is 1.49. The summed E-state index contributed by atoms with van der Waals surface area (Å²) in [6, 6.07) is 13.2. The summed E-state index contributed by atoms with van der Waals surface area (Å²) >= 11 is 0. The van der Waals surface area contributed by atoms with E-state index in [0.717, 1.165) is 0 Å². The molecule has 0 spiro atoms. The van der Waals surface area contributed by atoms with E-state index in [-0.39, 0.29) is 22.2 Å². The minimum atomic E-state index is -4.26. The van der Waals surface area contributed by atoms with Gasteiger partial charge in [0.15, 0.2) is 5.54 Å². The summed E-state index contributed by atoms with van der Waals surface area (Å²) in [7, 11) is -4.26. The third kappa shape index (κ3) is 6.85. The van der Waals surface area contributed by atoms with Crippen molar-refractivity contribution in [2.45, 2.75) is 50.1 Å². The average molecular weight is 599 g/mol. The summed E-state index contributed by atoms with van der Waals surface area (Å²) in [4.78, 5) is 36.0. The Morgan fingerprint density at radius 3 is 2.26 bits per heavy atom. The van der Waals surface area contributed by atoms with Crippen LogP contribution in [-0.4, -0.2) is 66.6 Å². The second-order valence-electron chi connectivity index (χ2n) is 11.2. The minimum Gasteiger partial charge on any atom is -0.480 e. The van der Waals surface area contributed by atoms with Gasteiger partial charge in [-0.1, -0.05) is 39.0 Å². The number of carboxylic acid groups (broad SMARTS) is 1. The van der Waals surface area contributed by atoms with Crippen molar-refractivity contribution in [2.75, 3.05) is 29.9 Å². The number of sulfonamides is 1. The number of nitrogens with zero attached hydrogens (tertiary/aromatic N) is 3. The molecular weight excluding hydrogens is 563 g/mol. The number of rotatable bonds is 10. The normalized spacial score (nSPS) is 16.0. The van der Waals surface area contributed by atoms with Gasteiger partial charge in [-0.2, -0.15) is 4.72 Å². The van der Waals surface area contributed by atoms with Crippen molar-refractivity contribution in [1.29, 1.82) is 0 Å². The lowest BCUT2D eigenvalue weighted by molar-refractivity contribution is -0.148. The van der Waals surface area contributed by atoms with Gasteiger partial charge in [0, 0.05) is 43.6 Å². The predicted molar refractivity (Wildman–Crippen MR) is 156 cm³/mol. The average Bonchev–Trinajstić information content (AvgIpc) is 2.96. The fourth-order valence-electron chi connectivity index (χ4n) is 4.81. The summed E-state index contributed by atoms with van der Waals surface area (Å²) in [6.07, 6.45) is 4.69. The van der Waals surface area contributed by atoms with Crippen molar-refractivity contribution < 1.29 is 27.5 Å². The van der Waals surface area contributed by atoms with Gasteiger partial charge in [0.05, 0.1) is 10.6 Å². The lowest BCUT2D eigenvalue weighted by atomic mass is 9.74. The maximum absolute atomic E-state index is 14.9. The molecule has 1 aliphatic heterocycles. The highest BCUT2D eigenvalue weighted by atomic mass is 32.2. The second kappa shape index (κ2) is 12.4. The van der Waals surface area contributed by atoms with E-state index in [1.165, 1.54) is 42.5 Å². The molecule has 42 heavy (non-hydrogen) atoms. The highest BCUT2D eigenvalue weighted by Crippen LogP contribution is 2.33. The van der Waals surface area contributed by atoms with Gasteiger partial charge in [-0.25, -0.2) is 22.8 Å². The first-order valence-corrected chi connectivity index (χ1v) is 15.0. The van der Waals surface area contributed by atoms with E-state index in [0.29, 0.717) is 31.9 Å². The fraction of sp³-hybridized carbons (Fsp3) is 0.379. The summed E-state index contributed by atoms with van der Waals surface area (Å²) < 4.78 is 43.5. The third-order valence-corrected chi connectivity index (χ3v) is 8.97. The Labute approximate surface area is 244 Å². The number of carboxylic acids is 1. The zero-order chi connectivity index (χ0) is 30.5. The molecule has 11 nitrogen and oxygen atoms in total. The van der Waals surface area contributed by atoms with E-state index in [1.54, 1.807) is 45.3 Å². The molecule has 3 aromatic rings. The van der Waals surface area contributed by atoms with Gasteiger partial charge in [-0.15, -0.1) is 0 Å². The number of benzene rings is 2. The Kier molecular flexibility index (Phi) is 9.12. The van der Waals surface area contributed by atoms with E-state index in [1.807, 2.05) is 4.90 Å². The SMILES string of the molecule is CC(C)(C)[C@](CNC(=O)c1ccc(F)c(N2CCC(Nc3ncccn3)CC2)c1)(NS(=O)(=O)c1ccccc1)C(=O)O. The first kappa shape index (κ1) is 30.8. The number of anilines is 2. The predicted octanol–water partition coefficient (Wildman–Crippen LogP) is 3.27. The van der Waals surface area contributed by atoms with Gasteiger partial charge in [-0.3, -0.25) is 9.59 Å². The smallest absolute Gasteiger partial charge is 0.327 e. The highest BCUT2D eigenvalue weighted by Gasteiger charge is 2.52. The maximum Gasteiger partial charge on any atom is 0.327 e. The van der Waals surface area contributed by atoms with Crippen molar-refractivity contribution in [3.63, 3.8) is 0 Å². The quantitative estimate of drug-likeness (QED) is 0.275. The van der Waals surface area contributed by atoms with Crippen LogP contribution in [0.4, 0.5) is 16.0 Å². The van der Waals surface area contributed by atoms with Crippen LogP contribution in [0.15, 0.2) is 71.9 Å². The summed E-state index contributed by atoms with van der Waals surface area (Å²) in [5, 5.41) is 16.1. The van der Waals surface area contributed by atoms with Gasteiger partial charge in [0.25, 0.3) is 5.91 Å². The van der Waals surface area contributed by atoms with Gasteiger partial charge in [0.2, 0.25) is 16.0 Å². The first-order chi connectivity index (χ1) is 19.8. The standard InChI is InChI=1S/C29H35FN6O5S/c1-28(2,3)29(26(38)39,35-42(40,41)22-8-5-4-6-9-22)19-33-25(37)20-10-11-23(30)24(18-20)36-16-12-21(13-17-36)34-27-31-14-7-15-32-27/h4-11,14-15,18,21,35H,12-13,16-17,19H2,1-3H3,(H,33,37)(H,38,39)(H,31,32,34)/t29-/m1/s1. The van der Waals surface area contributed by atoms with Crippen LogP contribution in [0.2, 0.25) is 0 Å². The van der Waals surface area contributed by atoms with Crippen LogP contribution >= 0.6 is 0 Å². The van der Waals surface area contributed by atoms with E-state index in [4.69, 9.17) is 0 Å². The number of piperidine rings is 1. The second-order valence-corrected chi connectivity index (χ2v) is 12.9. The van der Waals surface area contributed by atoms with Crippen LogP contribution in [0, 0.1) is 11.2 Å². The molecule has 13 heteroatoms. The summed E-state index contributed by atoms with van der Waals surface area (Å²) in [5.74, 6) is -2.08. The Hall–Kier alpha value is -4.10. The van der Waals surface area contributed by atoms with Crippen molar-refractivity contribution in [3.05, 3.63) is 78.4 Å². The Bertz CT molecular complexity index is 1510. The van der Waals surface area contributed by atoms with Gasteiger partial charge in [0.1, 0.15) is 5.82 Å². The van der Waals surface area contributed by atoms with Crippen LogP contribution in [0.25, 0.3) is 0 Å². The number of amides is 1. The van der Waals surface area contributed by atoms with Crippen molar-refractivity contribution >= 4 is 33.5 Å². The van der Waals surface area contributed by atoms with Gasteiger partial charge in [-0.05, 0) is 54.7 Å². The highest BCUT2D eigenvalue weighted by molar-refractivity contribution is 7.89. The van der Waals surface area contributed by atoms with E-state index >= 15 is 0 Å². The summed E-state index contributed by atoms with van der Waals surface area (Å²) in [6.45, 7) is 5.21. The molecule has 2 aromatic carbocycles. The molecule has 1 aromatic heterocycles. The molecule has 4 N–H and O–H groups in total. The Morgan fingerprint density at radius 1 is 1.02 bits per heavy atom. The molecule has 224 valence electrons. The molecular formula is C29H35FN6O5S. The van der Waals surface area contributed by atoms with Gasteiger partial charge >= 0.3 is 5.97 Å². The van der Waals surface area contributed by atoms with Crippen molar-refractivity contribution in [2.24, 2.45) is 5.41 Å². The van der Waals surface area contributed by atoms with Crippen LogP contribution in [0.3, 0.4) is 0 Å². The van der Waals surface area contributed by atoms with Crippen LogP contribution in [0.5, 0.6) is 0 Å². The topological polar surface area (TPSA) is 154 Å². The molecule has 1 amide bonds. The maximum atomic E-state index is 14.9. The van der Waals surface area contributed by atoms with E-state index < -0.39 is 45.2 Å². The molecule has 4 rings (SSSR count). The minimum absolute atomic E-state index is 0.107. The number of hydrogen-bond acceptors (Lipinski definition) is 8. The van der Waals surface area contributed by atoms with Crippen molar-refractivity contribution in [3.8, 4) is 0 Å². The molecule has 1 aliphatic rings. The Morgan fingerprint density at radius 2 is 1.67 bits per heavy atom. The number of aromatic nitrogens is 2. The third-order valence-electron chi connectivity index (χ3n) is 7.46. The molecule has 0 unspecified atom stereocenters. The lowest BCUT2D eigenvalue weighted by Gasteiger charge is -2.41. The number of nitrogens with one attached hydrogen (secondary N) is 3. The van der Waals surface area contributed by atoms with Gasteiger partial charge < -0.3 is 20.6 Å². The molecule has 0 bridgehead atoms. The zero-order valence-corrected chi connectivity index (χ0v) is 24.5. The summed E-state index contributed by atoms with van der Waals surface area (Å²) in [5.41, 5.74) is -2.89. The monoisotopic (exact) mass is 598 g/mol. The number of carbonyl (C=O) groups is 2. The fourth-order valence-corrected chi connectivity index (χ4v) is 6.37. The number of hydrogen-bond donors (Lipinski definition) is 4. The molecule has 0 saturated carbocycles. The number of carbonyl (C=O) groups excluding carboxylic acids is 1. The van der Waals surface area contributed by atoms with E-state index in [2.05, 4.69) is 25.3 Å². The number of halogens is 1. The molecule has 0 radical (unpaired) electrons. The molecule has 2 heterocycles.